The normalized spacial score (nSPS) is 17.8. The number of amides is 1. The summed E-state index contributed by atoms with van der Waals surface area (Å²) in [7, 11) is 0. The maximum atomic E-state index is 12.6. The monoisotopic (exact) mass is 335 g/mol. The quantitative estimate of drug-likeness (QED) is 0.828. The SMILES string of the molecule is CC(C)CCOc1ccc(C(=O)N2CCOCC2CC(=O)O)cc1. The van der Waals surface area contributed by atoms with Gasteiger partial charge < -0.3 is 19.5 Å². The Morgan fingerprint density at radius 1 is 1.33 bits per heavy atom. The zero-order valence-corrected chi connectivity index (χ0v) is 14.2. The van der Waals surface area contributed by atoms with Gasteiger partial charge in [0.25, 0.3) is 5.91 Å². The molecule has 1 fully saturated rings. The van der Waals surface area contributed by atoms with Crippen molar-refractivity contribution in [2.24, 2.45) is 5.92 Å². The lowest BCUT2D eigenvalue weighted by molar-refractivity contribution is -0.139. The smallest absolute Gasteiger partial charge is 0.305 e. The lowest BCUT2D eigenvalue weighted by Gasteiger charge is -2.34. The topological polar surface area (TPSA) is 76.1 Å². The number of carbonyl (C=O) groups excluding carboxylic acids is 1. The number of morpholine rings is 1. The Morgan fingerprint density at radius 3 is 2.67 bits per heavy atom. The molecule has 1 amide bonds. The fourth-order valence-electron chi connectivity index (χ4n) is 2.56. The number of aliphatic carboxylic acids is 1. The molecule has 1 aliphatic heterocycles. The largest absolute Gasteiger partial charge is 0.494 e. The first-order valence-electron chi connectivity index (χ1n) is 8.30. The number of hydrogen-bond donors (Lipinski definition) is 1. The summed E-state index contributed by atoms with van der Waals surface area (Å²) in [5.74, 6) is 0.213. The van der Waals surface area contributed by atoms with Crippen molar-refractivity contribution in [3.8, 4) is 5.75 Å². The average Bonchev–Trinajstić information content (AvgIpc) is 2.54. The summed E-state index contributed by atoms with van der Waals surface area (Å²) in [6.07, 6.45) is 0.869. The van der Waals surface area contributed by atoms with Crippen LogP contribution >= 0.6 is 0 Å². The average molecular weight is 335 g/mol. The molecule has 1 atom stereocenters. The fourth-order valence-corrected chi connectivity index (χ4v) is 2.56. The van der Waals surface area contributed by atoms with Gasteiger partial charge in [-0.3, -0.25) is 9.59 Å². The lowest BCUT2D eigenvalue weighted by Crippen LogP contribution is -2.49. The molecule has 1 aromatic rings. The lowest BCUT2D eigenvalue weighted by atomic mass is 10.1. The van der Waals surface area contributed by atoms with Crippen LogP contribution < -0.4 is 4.74 Å². The minimum Gasteiger partial charge on any atom is -0.494 e. The van der Waals surface area contributed by atoms with E-state index in [1.54, 1.807) is 29.2 Å². The third-order valence-corrected chi connectivity index (χ3v) is 3.96. The molecule has 0 spiro atoms. The van der Waals surface area contributed by atoms with E-state index in [9.17, 15) is 9.59 Å². The van der Waals surface area contributed by atoms with Crippen molar-refractivity contribution < 1.29 is 24.2 Å². The maximum absolute atomic E-state index is 12.6. The minimum absolute atomic E-state index is 0.109. The summed E-state index contributed by atoms with van der Waals surface area (Å²) in [6, 6.07) is 6.58. The Labute approximate surface area is 142 Å². The number of ether oxygens (including phenoxy) is 2. The molecule has 0 radical (unpaired) electrons. The Morgan fingerprint density at radius 2 is 2.04 bits per heavy atom. The molecule has 1 N–H and O–H groups in total. The number of carboxylic acid groups (broad SMARTS) is 1. The first kappa shape index (κ1) is 18.3. The van der Waals surface area contributed by atoms with Gasteiger partial charge in [0, 0.05) is 12.1 Å². The van der Waals surface area contributed by atoms with Crippen molar-refractivity contribution in [3.05, 3.63) is 29.8 Å². The third-order valence-electron chi connectivity index (χ3n) is 3.96. The molecular formula is C18H25NO5. The van der Waals surface area contributed by atoms with Gasteiger partial charge in [0.05, 0.1) is 32.3 Å². The van der Waals surface area contributed by atoms with E-state index in [0.29, 0.717) is 31.2 Å². The first-order valence-corrected chi connectivity index (χ1v) is 8.30. The molecule has 1 aromatic carbocycles. The first-order chi connectivity index (χ1) is 11.5. The second kappa shape index (κ2) is 8.68. The molecule has 0 saturated carbocycles. The van der Waals surface area contributed by atoms with E-state index in [4.69, 9.17) is 14.6 Å². The zero-order chi connectivity index (χ0) is 17.5. The van der Waals surface area contributed by atoms with E-state index in [0.717, 1.165) is 12.2 Å². The van der Waals surface area contributed by atoms with Crippen LogP contribution in [0.25, 0.3) is 0 Å². The van der Waals surface area contributed by atoms with Crippen LogP contribution in [0.3, 0.4) is 0 Å². The predicted molar refractivity (Wildman–Crippen MR) is 89.3 cm³/mol. The highest BCUT2D eigenvalue weighted by molar-refractivity contribution is 5.94. The molecule has 0 aliphatic carbocycles. The highest BCUT2D eigenvalue weighted by atomic mass is 16.5. The van der Waals surface area contributed by atoms with Gasteiger partial charge in [0.15, 0.2) is 0 Å². The summed E-state index contributed by atoms with van der Waals surface area (Å²) in [5.41, 5.74) is 0.531. The number of hydrogen-bond acceptors (Lipinski definition) is 4. The van der Waals surface area contributed by atoms with Crippen molar-refractivity contribution in [2.45, 2.75) is 32.7 Å². The van der Waals surface area contributed by atoms with E-state index in [1.165, 1.54) is 0 Å². The van der Waals surface area contributed by atoms with Gasteiger partial charge in [-0.15, -0.1) is 0 Å². The fraction of sp³-hybridized carbons (Fsp3) is 0.556. The highest BCUT2D eigenvalue weighted by Crippen LogP contribution is 2.18. The molecular weight excluding hydrogens is 310 g/mol. The number of benzene rings is 1. The molecule has 0 aromatic heterocycles. The van der Waals surface area contributed by atoms with Gasteiger partial charge in [-0.2, -0.15) is 0 Å². The Balaban J connectivity index is 1.98. The summed E-state index contributed by atoms with van der Waals surface area (Å²) in [5, 5.41) is 8.98. The van der Waals surface area contributed by atoms with Gasteiger partial charge in [-0.1, -0.05) is 13.8 Å². The van der Waals surface area contributed by atoms with Crippen molar-refractivity contribution in [1.29, 1.82) is 0 Å². The van der Waals surface area contributed by atoms with E-state index < -0.39 is 12.0 Å². The number of rotatable bonds is 7. The van der Waals surface area contributed by atoms with E-state index >= 15 is 0 Å². The summed E-state index contributed by atoms with van der Waals surface area (Å²) >= 11 is 0. The molecule has 1 unspecified atom stereocenters. The Hall–Kier alpha value is -2.08. The molecule has 1 aliphatic rings. The second-order valence-corrected chi connectivity index (χ2v) is 6.38. The summed E-state index contributed by atoms with van der Waals surface area (Å²) in [4.78, 5) is 25.2. The van der Waals surface area contributed by atoms with Crippen LogP contribution in [0.5, 0.6) is 5.75 Å². The predicted octanol–water partition coefficient (Wildman–Crippen LogP) is 2.43. The Bertz CT molecular complexity index is 555. The number of carbonyl (C=O) groups is 2. The molecule has 0 bridgehead atoms. The van der Waals surface area contributed by atoms with Crippen LogP contribution in [-0.2, 0) is 9.53 Å². The van der Waals surface area contributed by atoms with Crippen LogP contribution in [0, 0.1) is 5.92 Å². The molecule has 2 rings (SSSR count). The standard InChI is InChI=1S/C18H25NO5/c1-13(2)7-9-24-16-5-3-14(4-6-16)18(22)19-8-10-23-12-15(19)11-17(20)21/h3-6,13,15H,7-12H2,1-2H3,(H,20,21). The van der Waals surface area contributed by atoms with Gasteiger partial charge in [-0.05, 0) is 36.6 Å². The van der Waals surface area contributed by atoms with Crippen molar-refractivity contribution in [3.63, 3.8) is 0 Å². The maximum Gasteiger partial charge on any atom is 0.305 e. The molecule has 24 heavy (non-hydrogen) atoms. The van der Waals surface area contributed by atoms with Crippen LogP contribution in [0.15, 0.2) is 24.3 Å². The molecule has 6 nitrogen and oxygen atoms in total. The van der Waals surface area contributed by atoms with Gasteiger partial charge in [0.2, 0.25) is 0 Å². The van der Waals surface area contributed by atoms with Crippen molar-refractivity contribution >= 4 is 11.9 Å². The summed E-state index contributed by atoms with van der Waals surface area (Å²) in [6.45, 7) is 6.02. The van der Waals surface area contributed by atoms with Crippen molar-refractivity contribution in [1.82, 2.24) is 4.90 Å². The van der Waals surface area contributed by atoms with Crippen molar-refractivity contribution in [2.75, 3.05) is 26.4 Å². The van der Waals surface area contributed by atoms with Gasteiger partial charge >= 0.3 is 5.97 Å². The molecule has 1 saturated heterocycles. The molecule has 132 valence electrons. The van der Waals surface area contributed by atoms with Crippen LogP contribution in [0.1, 0.15) is 37.0 Å². The van der Waals surface area contributed by atoms with E-state index in [-0.39, 0.29) is 18.9 Å². The second-order valence-electron chi connectivity index (χ2n) is 6.38. The molecule has 6 heteroatoms. The van der Waals surface area contributed by atoms with Crippen LogP contribution in [-0.4, -0.2) is 54.3 Å². The van der Waals surface area contributed by atoms with E-state index in [2.05, 4.69) is 13.8 Å². The number of carboxylic acids is 1. The zero-order valence-electron chi connectivity index (χ0n) is 14.2. The van der Waals surface area contributed by atoms with Crippen LogP contribution in [0.2, 0.25) is 0 Å². The Kier molecular flexibility index (Phi) is 6.61. The summed E-state index contributed by atoms with van der Waals surface area (Å²) < 4.78 is 11.0. The van der Waals surface area contributed by atoms with Gasteiger partial charge in [0.1, 0.15) is 5.75 Å². The van der Waals surface area contributed by atoms with E-state index in [1.807, 2.05) is 0 Å². The minimum atomic E-state index is -0.933. The highest BCUT2D eigenvalue weighted by Gasteiger charge is 2.29. The number of nitrogens with zero attached hydrogens (tertiary/aromatic N) is 1. The van der Waals surface area contributed by atoms with Gasteiger partial charge in [-0.25, -0.2) is 0 Å². The third kappa shape index (κ3) is 5.23. The molecule has 1 heterocycles. The van der Waals surface area contributed by atoms with Crippen LogP contribution in [0.4, 0.5) is 0 Å².